The Balaban J connectivity index is 5.38. The second-order valence-electron chi connectivity index (χ2n) is 5.13. The first-order valence-corrected chi connectivity index (χ1v) is 9.38. The van der Waals surface area contributed by atoms with Crippen molar-refractivity contribution in [2.45, 2.75) is 53.7 Å². The summed E-state index contributed by atoms with van der Waals surface area (Å²) in [6.07, 6.45) is 0.410. The third-order valence-electron chi connectivity index (χ3n) is 3.10. The van der Waals surface area contributed by atoms with Crippen molar-refractivity contribution in [3.05, 3.63) is 0 Å². The normalized spacial score (nSPS) is 13.7. The summed E-state index contributed by atoms with van der Waals surface area (Å²) in [4.78, 5) is 23.4. The van der Waals surface area contributed by atoms with Crippen LogP contribution in [-0.2, 0) is 27.6 Å². The molecule has 0 spiro atoms. The van der Waals surface area contributed by atoms with E-state index in [0.29, 0.717) is 26.2 Å². The van der Waals surface area contributed by atoms with E-state index in [-0.39, 0.29) is 0 Å². The quantitative estimate of drug-likeness (QED) is 0.350. The summed E-state index contributed by atoms with van der Waals surface area (Å²) in [6, 6.07) is 0. The average Bonchev–Trinajstić information content (AvgIpc) is 2.44. The van der Waals surface area contributed by atoms with Crippen LogP contribution in [0, 0.1) is 5.41 Å². The Hall–Kier alpha value is -0.963. The van der Waals surface area contributed by atoms with Crippen LogP contribution < -0.4 is 0 Å². The SMILES string of the molecule is CCO[Si](OCC)(OCC)C(CC)OC(=O)C(C)(C)C(=O)O. The molecule has 0 fully saturated rings. The van der Waals surface area contributed by atoms with Crippen LogP contribution in [0.4, 0.5) is 0 Å². The standard InChI is InChI=1S/C14H28O7Si/c1-7-11(21-13(17)14(5,6)12(15)16)22(18-8-2,19-9-3)20-10-4/h11H,7-10H2,1-6H3,(H,15,16). The molecule has 0 aliphatic rings. The third-order valence-corrected chi connectivity index (χ3v) is 6.48. The molecule has 0 aliphatic carbocycles. The number of carboxylic acid groups (broad SMARTS) is 1. The van der Waals surface area contributed by atoms with Crippen molar-refractivity contribution in [2.24, 2.45) is 5.41 Å². The first-order valence-electron chi connectivity index (χ1n) is 7.58. The Labute approximate surface area is 133 Å². The molecule has 0 aromatic rings. The molecule has 1 atom stereocenters. The Kier molecular flexibility index (Phi) is 8.83. The first kappa shape index (κ1) is 21.0. The number of esters is 1. The highest BCUT2D eigenvalue weighted by atomic mass is 28.4. The van der Waals surface area contributed by atoms with Gasteiger partial charge in [0.1, 0.15) is 0 Å². The lowest BCUT2D eigenvalue weighted by Gasteiger charge is -2.35. The molecule has 0 aliphatic heterocycles. The number of carbonyl (C=O) groups is 2. The van der Waals surface area contributed by atoms with E-state index in [4.69, 9.17) is 23.1 Å². The fraction of sp³-hybridized carbons (Fsp3) is 0.857. The molecule has 7 nitrogen and oxygen atoms in total. The molecule has 0 heterocycles. The van der Waals surface area contributed by atoms with Gasteiger partial charge in [0.2, 0.25) is 0 Å². The van der Waals surface area contributed by atoms with Crippen LogP contribution in [0.15, 0.2) is 0 Å². The van der Waals surface area contributed by atoms with E-state index in [1.807, 2.05) is 6.92 Å². The Morgan fingerprint density at radius 3 is 1.68 bits per heavy atom. The van der Waals surface area contributed by atoms with Crippen molar-refractivity contribution in [3.8, 4) is 0 Å². The summed E-state index contributed by atoms with van der Waals surface area (Å²) >= 11 is 0. The van der Waals surface area contributed by atoms with Gasteiger partial charge in [0.15, 0.2) is 11.1 Å². The summed E-state index contributed by atoms with van der Waals surface area (Å²) in [5.41, 5.74) is -2.38. The van der Waals surface area contributed by atoms with Crippen LogP contribution in [0.2, 0.25) is 0 Å². The van der Waals surface area contributed by atoms with Crippen molar-refractivity contribution in [3.63, 3.8) is 0 Å². The highest BCUT2D eigenvalue weighted by Crippen LogP contribution is 2.25. The van der Waals surface area contributed by atoms with Crippen molar-refractivity contribution in [2.75, 3.05) is 19.8 Å². The minimum Gasteiger partial charge on any atom is -0.480 e. The van der Waals surface area contributed by atoms with Crippen LogP contribution in [0.1, 0.15) is 48.0 Å². The highest BCUT2D eigenvalue weighted by Gasteiger charge is 2.53. The summed E-state index contributed by atoms with van der Waals surface area (Å²) in [7, 11) is -3.24. The second-order valence-corrected chi connectivity index (χ2v) is 7.85. The lowest BCUT2D eigenvalue weighted by atomic mass is 9.94. The van der Waals surface area contributed by atoms with Crippen LogP contribution in [0.5, 0.6) is 0 Å². The van der Waals surface area contributed by atoms with E-state index in [1.54, 1.807) is 20.8 Å². The van der Waals surface area contributed by atoms with Gasteiger partial charge < -0.3 is 23.1 Å². The number of hydrogen-bond donors (Lipinski definition) is 1. The van der Waals surface area contributed by atoms with Gasteiger partial charge in [-0.25, -0.2) is 0 Å². The number of hydrogen-bond acceptors (Lipinski definition) is 6. The number of ether oxygens (including phenoxy) is 1. The molecule has 0 aromatic carbocycles. The topological polar surface area (TPSA) is 91.3 Å². The zero-order valence-electron chi connectivity index (χ0n) is 14.3. The predicted octanol–water partition coefficient (Wildman–Crippen LogP) is 2.01. The summed E-state index contributed by atoms with van der Waals surface area (Å²) in [5.74, 6) is -2.08. The molecule has 0 aromatic heterocycles. The largest absolute Gasteiger partial charge is 0.544 e. The Morgan fingerprint density at radius 2 is 1.41 bits per heavy atom. The van der Waals surface area contributed by atoms with Crippen LogP contribution in [0.25, 0.3) is 0 Å². The van der Waals surface area contributed by atoms with E-state index in [0.717, 1.165) is 0 Å². The summed E-state index contributed by atoms with van der Waals surface area (Å²) in [6.45, 7) is 10.9. The molecular formula is C14H28O7Si. The monoisotopic (exact) mass is 336 g/mol. The zero-order valence-corrected chi connectivity index (χ0v) is 15.3. The molecule has 0 rings (SSSR count). The van der Waals surface area contributed by atoms with Crippen LogP contribution >= 0.6 is 0 Å². The van der Waals surface area contributed by atoms with Gasteiger partial charge in [0, 0.05) is 19.8 Å². The van der Waals surface area contributed by atoms with Gasteiger partial charge in [-0.15, -0.1) is 0 Å². The number of rotatable bonds is 11. The molecular weight excluding hydrogens is 308 g/mol. The number of carboxylic acids is 1. The molecule has 8 heteroatoms. The van der Waals surface area contributed by atoms with Gasteiger partial charge >= 0.3 is 20.7 Å². The number of aliphatic carboxylic acids is 1. The van der Waals surface area contributed by atoms with Crippen LogP contribution in [0.3, 0.4) is 0 Å². The highest BCUT2D eigenvalue weighted by molar-refractivity contribution is 6.62. The molecule has 130 valence electrons. The fourth-order valence-corrected chi connectivity index (χ4v) is 4.54. The minimum absolute atomic E-state index is 0.350. The molecule has 22 heavy (non-hydrogen) atoms. The second kappa shape index (κ2) is 9.24. The predicted molar refractivity (Wildman–Crippen MR) is 82.2 cm³/mol. The maximum atomic E-state index is 12.2. The fourth-order valence-electron chi connectivity index (χ4n) is 1.78. The van der Waals surface area contributed by atoms with Crippen molar-refractivity contribution in [1.82, 2.24) is 0 Å². The smallest absolute Gasteiger partial charge is 0.480 e. The summed E-state index contributed by atoms with van der Waals surface area (Å²) in [5, 5.41) is 9.13. The van der Waals surface area contributed by atoms with Gasteiger partial charge in [-0.05, 0) is 41.0 Å². The van der Waals surface area contributed by atoms with Gasteiger partial charge in [-0.2, -0.15) is 0 Å². The van der Waals surface area contributed by atoms with Gasteiger partial charge in [-0.1, -0.05) is 6.92 Å². The van der Waals surface area contributed by atoms with E-state index < -0.39 is 31.9 Å². The van der Waals surface area contributed by atoms with Crippen molar-refractivity contribution >= 4 is 20.7 Å². The summed E-state index contributed by atoms with van der Waals surface area (Å²) < 4.78 is 22.5. The Bertz CT molecular complexity index is 353. The van der Waals surface area contributed by atoms with E-state index in [9.17, 15) is 9.59 Å². The lowest BCUT2D eigenvalue weighted by Crippen LogP contribution is -2.58. The third kappa shape index (κ3) is 5.05. The molecule has 0 radical (unpaired) electrons. The Morgan fingerprint density at radius 1 is 1.00 bits per heavy atom. The maximum Gasteiger partial charge on any atom is 0.544 e. The zero-order chi connectivity index (χ0) is 17.4. The molecule has 0 saturated heterocycles. The molecule has 1 unspecified atom stereocenters. The average molecular weight is 336 g/mol. The van der Waals surface area contributed by atoms with Crippen LogP contribution in [-0.4, -0.2) is 51.4 Å². The molecule has 0 bridgehead atoms. The maximum absolute atomic E-state index is 12.2. The lowest BCUT2D eigenvalue weighted by molar-refractivity contribution is -0.170. The van der Waals surface area contributed by atoms with E-state index in [1.165, 1.54) is 13.8 Å². The van der Waals surface area contributed by atoms with Gasteiger partial charge in [0.25, 0.3) is 0 Å². The van der Waals surface area contributed by atoms with Crippen molar-refractivity contribution in [1.29, 1.82) is 0 Å². The molecule has 1 N–H and O–H groups in total. The number of carbonyl (C=O) groups excluding carboxylic acids is 1. The van der Waals surface area contributed by atoms with E-state index >= 15 is 0 Å². The van der Waals surface area contributed by atoms with E-state index in [2.05, 4.69) is 0 Å². The molecule has 0 amide bonds. The van der Waals surface area contributed by atoms with Crippen molar-refractivity contribution < 1.29 is 32.7 Å². The minimum atomic E-state index is -3.24. The molecule has 0 saturated carbocycles. The van der Waals surface area contributed by atoms with Gasteiger partial charge in [-0.3, -0.25) is 9.59 Å². The first-order chi connectivity index (χ1) is 10.2. The van der Waals surface area contributed by atoms with Gasteiger partial charge in [0.05, 0.1) is 0 Å².